The van der Waals surface area contributed by atoms with Crippen LogP contribution in [-0.2, 0) is 19.2 Å². The number of carbonyl (C=O) groups excluding carboxylic acids is 3. The van der Waals surface area contributed by atoms with Crippen LogP contribution in [0.4, 0.5) is 0 Å². The molecule has 0 aliphatic carbocycles. The Morgan fingerprint density at radius 2 is 1.57 bits per heavy atom. The molecule has 23 heavy (non-hydrogen) atoms. The second-order valence-corrected chi connectivity index (χ2v) is 5.23. The Hall–Kier alpha value is -2.16. The average Bonchev–Trinajstić information content (AvgIpc) is 2.48. The number of amides is 3. The van der Waals surface area contributed by atoms with Crippen molar-refractivity contribution < 1.29 is 24.3 Å². The number of carboxylic acid groups (broad SMARTS) is 1. The van der Waals surface area contributed by atoms with E-state index in [2.05, 4.69) is 16.0 Å². The number of rotatable bonds is 11. The van der Waals surface area contributed by atoms with Crippen LogP contribution >= 0.6 is 0 Å². The van der Waals surface area contributed by atoms with E-state index in [0.717, 1.165) is 12.8 Å². The average molecular weight is 330 g/mol. The van der Waals surface area contributed by atoms with Crippen molar-refractivity contribution in [2.24, 2.45) is 5.73 Å². The van der Waals surface area contributed by atoms with Gasteiger partial charge in [0, 0.05) is 6.42 Å². The van der Waals surface area contributed by atoms with E-state index in [0.29, 0.717) is 19.4 Å². The lowest BCUT2D eigenvalue weighted by atomic mass is 10.2. The van der Waals surface area contributed by atoms with Gasteiger partial charge in [0.1, 0.15) is 18.6 Å². The Morgan fingerprint density at radius 3 is 2.13 bits per heavy atom. The molecule has 9 nitrogen and oxygen atoms in total. The molecule has 0 aliphatic rings. The second-order valence-electron chi connectivity index (χ2n) is 5.23. The normalized spacial score (nSPS) is 12.8. The molecule has 0 unspecified atom stereocenters. The van der Waals surface area contributed by atoms with Crippen LogP contribution in [0.15, 0.2) is 0 Å². The quantitative estimate of drug-likeness (QED) is 0.298. The van der Waals surface area contributed by atoms with Gasteiger partial charge in [-0.3, -0.25) is 19.2 Å². The van der Waals surface area contributed by atoms with E-state index in [1.165, 1.54) is 13.8 Å². The first-order chi connectivity index (χ1) is 10.8. The van der Waals surface area contributed by atoms with Gasteiger partial charge < -0.3 is 26.8 Å². The van der Waals surface area contributed by atoms with Gasteiger partial charge >= 0.3 is 5.97 Å². The number of unbranched alkanes of at least 4 members (excludes halogenated alkanes) is 2. The van der Waals surface area contributed by atoms with Crippen LogP contribution in [0.2, 0.25) is 0 Å². The third-order valence-corrected chi connectivity index (χ3v) is 3.04. The number of carbonyl (C=O) groups is 4. The lowest BCUT2D eigenvalue weighted by Crippen LogP contribution is -2.52. The van der Waals surface area contributed by atoms with Crippen LogP contribution in [0.1, 0.15) is 39.5 Å². The highest BCUT2D eigenvalue weighted by atomic mass is 16.4. The molecule has 132 valence electrons. The summed E-state index contributed by atoms with van der Waals surface area (Å²) < 4.78 is 0. The molecular weight excluding hydrogens is 304 g/mol. The van der Waals surface area contributed by atoms with Crippen LogP contribution in [-0.4, -0.2) is 54.0 Å². The fourth-order valence-corrected chi connectivity index (χ4v) is 1.71. The van der Waals surface area contributed by atoms with E-state index in [1.54, 1.807) is 0 Å². The Labute approximate surface area is 135 Å². The molecule has 9 heteroatoms. The summed E-state index contributed by atoms with van der Waals surface area (Å²) in [6.45, 7) is 3.00. The fourth-order valence-electron chi connectivity index (χ4n) is 1.71. The number of carboxylic acids is 1. The smallest absolute Gasteiger partial charge is 0.322 e. The van der Waals surface area contributed by atoms with Crippen molar-refractivity contribution >= 4 is 23.7 Å². The Morgan fingerprint density at radius 1 is 0.957 bits per heavy atom. The topological polar surface area (TPSA) is 151 Å². The molecule has 0 aromatic carbocycles. The number of hydrogen-bond donors (Lipinski definition) is 5. The summed E-state index contributed by atoms with van der Waals surface area (Å²) in [5.74, 6) is -2.54. The molecule has 0 spiro atoms. The summed E-state index contributed by atoms with van der Waals surface area (Å²) in [7, 11) is 0. The van der Waals surface area contributed by atoms with E-state index < -0.39 is 36.4 Å². The molecule has 0 radical (unpaired) electrons. The maximum absolute atomic E-state index is 11.9. The zero-order chi connectivity index (χ0) is 17.8. The molecule has 0 aromatic heterocycles. The maximum Gasteiger partial charge on any atom is 0.322 e. The van der Waals surface area contributed by atoms with Gasteiger partial charge in [0.15, 0.2) is 0 Å². The molecular formula is C14H26N4O5. The van der Waals surface area contributed by atoms with E-state index in [-0.39, 0.29) is 5.91 Å². The van der Waals surface area contributed by atoms with Crippen LogP contribution in [0.3, 0.4) is 0 Å². The second kappa shape index (κ2) is 11.4. The van der Waals surface area contributed by atoms with Crippen LogP contribution < -0.4 is 21.7 Å². The number of hydrogen-bond acceptors (Lipinski definition) is 5. The summed E-state index contributed by atoms with van der Waals surface area (Å²) in [6, 6.07) is -1.68. The third kappa shape index (κ3) is 10.2. The van der Waals surface area contributed by atoms with E-state index >= 15 is 0 Å². The third-order valence-electron chi connectivity index (χ3n) is 3.04. The van der Waals surface area contributed by atoms with Crippen molar-refractivity contribution in [1.29, 1.82) is 0 Å². The van der Waals surface area contributed by atoms with Crippen molar-refractivity contribution in [3.05, 3.63) is 0 Å². The number of nitrogens with one attached hydrogen (secondary N) is 3. The van der Waals surface area contributed by atoms with Crippen molar-refractivity contribution in [2.75, 3.05) is 13.1 Å². The summed E-state index contributed by atoms with van der Waals surface area (Å²) in [6.07, 6.45) is 2.72. The van der Waals surface area contributed by atoms with E-state index in [9.17, 15) is 19.2 Å². The standard InChI is InChI=1S/C14H26N4O5/c1-9(13(22)16-8-12(20)21)18-14(23)10(2)17-11(19)6-4-3-5-7-15/h9-10H,3-8,15H2,1-2H3,(H,16,22)(H,17,19)(H,18,23)(H,20,21)/t9-,10-/m0/s1. The SMILES string of the molecule is C[C@H](NC(=O)CCCCCN)C(=O)N[C@@H](C)C(=O)NCC(=O)O. The molecule has 2 atom stereocenters. The molecule has 0 aromatic rings. The molecule has 0 saturated heterocycles. The van der Waals surface area contributed by atoms with Gasteiger partial charge in [0.2, 0.25) is 17.7 Å². The van der Waals surface area contributed by atoms with Crippen LogP contribution in [0.25, 0.3) is 0 Å². The van der Waals surface area contributed by atoms with Gasteiger partial charge in [-0.05, 0) is 33.2 Å². The molecule has 0 heterocycles. The lowest BCUT2D eigenvalue weighted by Gasteiger charge is -2.18. The lowest BCUT2D eigenvalue weighted by molar-refractivity contribution is -0.138. The van der Waals surface area contributed by atoms with Gasteiger partial charge in [0.25, 0.3) is 0 Å². The summed E-state index contributed by atoms with van der Waals surface area (Å²) in [5.41, 5.74) is 5.36. The minimum absolute atomic E-state index is 0.243. The number of nitrogens with two attached hydrogens (primary N) is 1. The first kappa shape index (κ1) is 20.8. The summed E-state index contributed by atoms with van der Waals surface area (Å²) in [4.78, 5) is 45.4. The predicted octanol–water partition coefficient (Wildman–Crippen LogP) is -1.28. The Kier molecular flexibility index (Phi) is 10.3. The zero-order valence-electron chi connectivity index (χ0n) is 13.6. The summed E-state index contributed by atoms with van der Waals surface area (Å²) >= 11 is 0. The van der Waals surface area contributed by atoms with Crippen LogP contribution in [0.5, 0.6) is 0 Å². The molecule has 3 amide bonds. The highest BCUT2D eigenvalue weighted by molar-refractivity contribution is 5.92. The minimum atomic E-state index is -1.17. The number of aliphatic carboxylic acids is 1. The van der Waals surface area contributed by atoms with Gasteiger partial charge in [-0.15, -0.1) is 0 Å². The highest BCUT2D eigenvalue weighted by Crippen LogP contribution is 1.99. The predicted molar refractivity (Wildman–Crippen MR) is 83.4 cm³/mol. The van der Waals surface area contributed by atoms with E-state index in [1.807, 2.05) is 0 Å². The first-order valence-electron chi connectivity index (χ1n) is 7.57. The Balaban J connectivity index is 4.10. The van der Waals surface area contributed by atoms with Crippen molar-refractivity contribution in [1.82, 2.24) is 16.0 Å². The summed E-state index contributed by atoms with van der Waals surface area (Å²) in [5, 5.41) is 15.6. The highest BCUT2D eigenvalue weighted by Gasteiger charge is 2.21. The molecule has 0 aliphatic heterocycles. The van der Waals surface area contributed by atoms with E-state index in [4.69, 9.17) is 10.8 Å². The Bertz CT molecular complexity index is 427. The van der Waals surface area contributed by atoms with Gasteiger partial charge in [-0.1, -0.05) is 6.42 Å². The minimum Gasteiger partial charge on any atom is -0.480 e. The van der Waals surface area contributed by atoms with Gasteiger partial charge in [-0.25, -0.2) is 0 Å². The monoisotopic (exact) mass is 330 g/mol. The van der Waals surface area contributed by atoms with Crippen molar-refractivity contribution in [2.45, 2.75) is 51.6 Å². The molecule has 6 N–H and O–H groups in total. The molecule has 0 fully saturated rings. The fraction of sp³-hybridized carbons (Fsp3) is 0.714. The van der Waals surface area contributed by atoms with Crippen molar-refractivity contribution in [3.63, 3.8) is 0 Å². The van der Waals surface area contributed by atoms with Crippen molar-refractivity contribution in [3.8, 4) is 0 Å². The largest absolute Gasteiger partial charge is 0.480 e. The maximum atomic E-state index is 11.9. The van der Waals surface area contributed by atoms with Crippen LogP contribution in [0, 0.1) is 0 Å². The molecule has 0 saturated carbocycles. The van der Waals surface area contributed by atoms with Gasteiger partial charge in [-0.2, -0.15) is 0 Å². The van der Waals surface area contributed by atoms with Gasteiger partial charge in [0.05, 0.1) is 0 Å². The first-order valence-corrected chi connectivity index (χ1v) is 7.57. The zero-order valence-corrected chi connectivity index (χ0v) is 13.6. The molecule has 0 rings (SSSR count). The molecule has 0 bridgehead atoms.